The first-order valence-electron chi connectivity index (χ1n) is 6.47. The van der Waals surface area contributed by atoms with Gasteiger partial charge in [-0.15, -0.1) is 0 Å². The summed E-state index contributed by atoms with van der Waals surface area (Å²) >= 11 is 0. The van der Waals surface area contributed by atoms with E-state index in [-0.39, 0.29) is 12.2 Å². The molecule has 0 saturated carbocycles. The first kappa shape index (κ1) is 12.0. The molecule has 0 radical (unpaired) electrons. The van der Waals surface area contributed by atoms with E-state index in [1.165, 1.54) is 5.56 Å². The highest BCUT2D eigenvalue weighted by Gasteiger charge is 2.18. The van der Waals surface area contributed by atoms with Gasteiger partial charge in [-0.1, -0.05) is 60.7 Å². The predicted octanol–water partition coefficient (Wildman–Crippen LogP) is 4.03. The van der Waals surface area contributed by atoms with Gasteiger partial charge in [0.2, 0.25) is 6.29 Å². The molecule has 0 bridgehead atoms. The van der Waals surface area contributed by atoms with Crippen molar-refractivity contribution in [1.82, 2.24) is 0 Å². The Bertz CT molecular complexity index is 534. The Morgan fingerprint density at radius 2 is 1.42 bits per heavy atom. The van der Waals surface area contributed by atoms with Crippen LogP contribution < -0.4 is 0 Å². The average Bonchev–Trinajstić information content (AvgIpc) is 2.75. The molecule has 3 rings (SSSR count). The Kier molecular flexibility index (Phi) is 3.61. The largest absolute Gasteiger partial charge is 0.469 e. The molecule has 19 heavy (non-hydrogen) atoms. The summed E-state index contributed by atoms with van der Waals surface area (Å²) in [6.07, 6.45) is 3.49. The summed E-state index contributed by atoms with van der Waals surface area (Å²) in [5.74, 6) is 0.245. The van der Waals surface area contributed by atoms with Crippen LogP contribution in [0.15, 0.2) is 73.0 Å². The molecule has 96 valence electrons. The lowest BCUT2D eigenvalue weighted by atomic mass is 10.0. The van der Waals surface area contributed by atoms with Crippen molar-refractivity contribution in [3.05, 3.63) is 84.1 Å². The monoisotopic (exact) mass is 252 g/mol. The molecule has 2 heteroatoms. The number of ether oxygens (including phenoxy) is 2. The SMILES string of the molecule is C1=CC(c2ccccc2)COC(c2ccccc2)O1. The lowest BCUT2D eigenvalue weighted by molar-refractivity contribution is -0.105. The van der Waals surface area contributed by atoms with Crippen LogP contribution in [0.3, 0.4) is 0 Å². The van der Waals surface area contributed by atoms with Crippen LogP contribution in [0.2, 0.25) is 0 Å². The smallest absolute Gasteiger partial charge is 0.225 e. The minimum atomic E-state index is -0.314. The standard InChI is InChI=1S/C17H16O2/c1-3-7-14(8-4-1)16-11-12-18-17(19-13-16)15-9-5-2-6-10-15/h1-12,16-17H,13H2. The van der Waals surface area contributed by atoms with E-state index in [1.54, 1.807) is 6.26 Å². The highest BCUT2D eigenvalue weighted by atomic mass is 16.7. The van der Waals surface area contributed by atoms with Crippen LogP contribution in [0, 0.1) is 0 Å². The van der Waals surface area contributed by atoms with Crippen molar-refractivity contribution in [3.8, 4) is 0 Å². The minimum Gasteiger partial charge on any atom is -0.469 e. The Morgan fingerprint density at radius 3 is 2.11 bits per heavy atom. The zero-order chi connectivity index (χ0) is 12.9. The Morgan fingerprint density at radius 1 is 0.789 bits per heavy atom. The van der Waals surface area contributed by atoms with Crippen molar-refractivity contribution in [2.24, 2.45) is 0 Å². The fraction of sp³-hybridized carbons (Fsp3) is 0.176. The molecule has 2 nitrogen and oxygen atoms in total. The third kappa shape index (κ3) is 2.85. The van der Waals surface area contributed by atoms with Crippen LogP contribution in [-0.4, -0.2) is 6.61 Å². The van der Waals surface area contributed by atoms with Crippen LogP contribution in [0.1, 0.15) is 23.3 Å². The van der Waals surface area contributed by atoms with Crippen LogP contribution in [0.25, 0.3) is 0 Å². The van der Waals surface area contributed by atoms with Crippen molar-refractivity contribution in [3.63, 3.8) is 0 Å². The third-order valence-electron chi connectivity index (χ3n) is 3.24. The first-order valence-corrected chi connectivity index (χ1v) is 6.47. The molecule has 0 aromatic heterocycles. The Hall–Kier alpha value is -2.06. The molecular weight excluding hydrogens is 236 g/mol. The van der Waals surface area contributed by atoms with Gasteiger partial charge in [0.15, 0.2) is 0 Å². The summed E-state index contributed by atoms with van der Waals surface area (Å²) in [7, 11) is 0. The van der Waals surface area contributed by atoms with Crippen molar-refractivity contribution < 1.29 is 9.47 Å². The summed E-state index contributed by atoms with van der Waals surface area (Å²) in [6, 6.07) is 20.3. The molecular formula is C17H16O2. The van der Waals surface area contributed by atoms with Gasteiger partial charge in [-0.25, -0.2) is 0 Å². The van der Waals surface area contributed by atoms with Crippen molar-refractivity contribution >= 4 is 0 Å². The molecule has 1 aliphatic rings. The second kappa shape index (κ2) is 5.72. The average molecular weight is 252 g/mol. The van der Waals surface area contributed by atoms with Crippen LogP contribution in [0.4, 0.5) is 0 Å². The Labute approximate surface area is 113 Å². The molecule has 1 aliphatic heterocycles. The van der Waals surface area contributed by atoms with Crippen molar-refractivity contribution in [2.75, 3.05) is 6.61 Å². The molecule has 2 aromatic carbocycles. The van der Waals surface area contributed by atoms with E-state index < -0.39 is 0 Å². The van der Waals surface area contributed by atoms with Gasteiger partial charge in [0.1, 0.15) is 0 Å². The minimum absolute atomic E-state index is 0.245. The van der Waals surface area contributed by atoms with Crippen LogP contribution in [0.5, 0.6) is 0 Å². The van der Waals surface area contributed by atoms with E-state index in [0.29, 0.717) is 6.61 Å². The summed E-state index contributed by atoms with van der Waals surface area (Å²) in [5, 5.41) is 0. The van der Waals surface area contributed by atoms with Crippen molar-refractivity contribution in [2.45, 2.75) is 12.2 Å². The van der Waals surface area contributed by atoms with E-state index >= 15 is 0 Å². The van der Waals surface area contributed by atoms with Crippen LogP contribution in [-0.2, 0) is 9.47 Å². The van der Waals surface area contributed by atoms with Gasteiger partial charge in [-0.2, -0.15) is 0 Å². The maximum Gasteiger partial charge on any atom is 0.225 e. The number of rotatable bonds is 2. The van der Waals surface area contributed by atoms with E-state index in [9.17, 15) is 0 Å². The second-order valence-electron chi connectivity index (χ2n) is 4.56. The van der Waals surface area contributed by atoms with Gasteiger partial charge in [0, 0.05) is 11.5 Å². The van der Waals surface area contributed by atoms with Crippen molar-refractivity contribution in [1.29, 1.82) is 0 Å². The summed E-state index contributed by atoms with van der Waals surface area (Å²) in [5.41, 5.74) is 2.29. The number of hydrogen-bond donors (Lipinski definition) is 0. The molecule has 0 aliphatic carbocycles. The molecule has 0 fully saturated rings. The zero-order valence-electron chi connectivity index (χ0n) is 10.6. The highest BCUT2D eigenvalue weighted by Crippen LogP contribution is 2.27. The lowest BCUT2D eigenvalue weighted by Gasteiger charge is -2.17. The van der Waals surface area contributed by atoms with Gasteiger partial charge in [-0.3, -0.25) is 0 Å². The van der Waals surface area contributed by atoms with Crippen LogP contribution >= 0.6 is 0 Å². The molecule has 2 unspecified atom stereocenters. The van der Waals surface area contributed by atoms with E-state index in [1.807, 2.05) is 48.5 Å². The van der Waals surface area contributed by atoms with Gasteiger partial charge in [0.05, 0.1) is 12.9 Å². The maximum absolute atomic E-state index is 5.87. The maximum atomic E-state index is 5.87. The van der Waals surface area contributed by atoms with Gasteiger partial charge < -0.3 is 9.47 Å². The summed E-state index contributed by atoms with van der Waals surface area (Å²) < 4.78 is 11.5. The molecule has 2 atom stereocenters. The van der Waals surface area contributed by atoms with E-state index in [0.717, 1.165) is 5.56 Å². The molecule has 0 spiro atoms. The highest BCUT2D eigenvalue weighted by molar-refractivity contribution is 5.24. The normalized spacial score (nSPS) is 22.5. The first-order chi connectivity index (χ1) is 9.43. The third-order valence-corrected chi connectivity index (χ3v) is 3.24. The molecule has 0 amide bonds. The number of benzene rings is 2. The van der Waals surface area contributed by atoms with E-state index in [2.05, 4.69) is 18.2 Å². The summed E-state index contributed by atoms with van der Waals surface area (Å²) in [4.78, 5) is 0. The predicted molar refractivity (Wildman–Crippen MR) is 74.5 cm³/mol. The summed E-state index contributed by atoms with van der Waals surface area (Å²) in [6.45, 7) is 0.625. The van der Waals surface area contributed by atoms with Gasteiger partial charge >= 0.3 is 0 Å². The van der Waals surface area contributed by atoms with E-state index in [4.69, 9.17) is 9.47 Å². The number of hydrogen-bond acceptors (Lipinski definition) is 2. The zero-order valence-corrected chi connectivity index (χ0v) is 10.6. The second-order valence-corrected chi connectivity index (χ2v) is 4.56. The van der Waals surface area contributed by atoms with Gasteiger partial charge in [-0.05, 0) is 11.6 Å². The molecule has 2 aromatic rings. The molecule has 0 N–H and O–H groups in total. The fourth-order valence-electron chi connectivity index (χ4n) is 2.19. The lowest BCUT2D eigenvalue weighted by Crippen LogP contribution is -2.09. The topological polar surface area (TPSA) is 18.5 Å². The molecule has 0 saturated heterocycles. The quantitative estimate of drug-likeness (QED) is 0.803. The Balaban J connectivity index is 1.73. The van der Waals surface area contributed by atoms with Gasteiger partial charge in [0.25, 0.3) is 0 Å². The fourth-order valence-corrected chi connectivity index (χ4v) is 2.19. The molecule has 1 heterocycles.